The van der Waals surface area contributed by atoms with Crippen LogP contribution in [-0.2, 0) is 7.05 Å². The van der Waals surface area contributed by atoms with Crippen LogP contribution < -0.4 is 5.32 Å². The highest BCUT2D eigenvalue weighted by Gasteiger charge is 2.10. The van der Waals surface area contributed by atoms with E-state index in [0.717, 1.165) is 5.56 Å². The minimum atomic E-state index is -0.191. The molecule has 0 radical (unpaired) electrons. The van der Waals surface area contributed by atoms with E-state index in [9.17, 15) is 4.79 Å². The first-order valence-electron chi connectivity index (χ1n) is 7.23. The van der Waals surface area contributed by atoms with Gasteiger partial charge < -0.3 is 5.32 Å². The van der Waals surface area contributed by atoms with Gasteiger partial charge in [0.1, 0.15) is 0 Å². The Morgan fingerprint density at radius 2 is 1.96 bits per heavy atom. The highest BCUT2D eigenvalue weighted by atomic mass is 16.1. The summed E-state index contributed by atoms with van der Waals surface area (Å²) in [4.78, 5) is 13.7. The van der Waals surface area contributed by atoms with E-state index in [1.807, 2.05) is 13.8 Å². The zero-order valence-electron chi connectivity index (χ0n) is 13.1. The number of benzene rings is 1. The Morgan fingerprint density at radius 3 is 2.52 bits per heavy atom. The van der Waals surface area contributed by atoms with Crippen molar-refractivity contribution in [1.29, 1.82) is 0 Å². The third-order valence-corrected chi connectivity index (χ3v) is 3.26. The van der Waals surface area contributed by atoms with E-state index in [4.69, 9.17) is 0 Å². The Hall–Kier alpha value is -3.03. The number of carbonyl (C=O) groups excluding carboxylic acids is 1. The zero-order valence-corrected chi connectivity index (χ0v) is 13.1. The van der Waals surface area contributed by atoms with Gasteiger partial charge in [-0.3, -0.25) is 9.48 Å². The van der Waals surface area contributed by atoms with Crippen molar-refractivity contribution in [3.05, 3.63) is 42.2 Å². The molecule has 0 saturated heterocycles. The molecular formula is C15H17N7O. The molecule has 1 amide bonds. The number of amides is 1. The summed E-state index contributed by atoms with van der Waals surface area (Å²) >= 11 is 0. The zero-order chi connectivity index (χ0) is 16.4. The summed E-state index contributed by atoms with van der Waals surface area (Å²) in [6, 6.07) is 7.23. The lowest BCUT2D eigenvalue weighted by molar-refractivity contribution is 0.102. The van der Waals surface area contributed by atoms with Gasteiger partial charge in [0.25, 0.3) is 5.91 Å². The molecule has 2 heterocycles. The van der Waals surface area contributed by atoms with Gasteiger partial charge in [0.2, 0.25) is 5.82 Å². The Balaban J connectivity index is 1.74. The van der Waals surface area contributed by atoms with Crippen LogP contribution in [0.5, 0.6) is 0 Å². The minimum absolute atomic E-state index is 0.154. The molecule has 0 atom stereocenters. The van der Waals surface area contributed by atoms with Crippen molar-refractivity contribution >= 4 is 11.6 Å². The van der Waals surface area contributed by atoms with Crippen LogP contribution in [0.4, 0.5) is 5.69 Å². The smallest absolute Gasteiger partial charge is 0.255 e. The largest absolute Gasteiger partial charge is 0.319 e. The second-order valence-corrected chi connectivity index (χ2v) is 5.46. The Morgan fingerprint density at radius 1 is 1.22 bits per heavy atom. The van der Waals surface area contributed by atoms with Crippen molar-refractivity contribution in [1.82, 2.24) is 30.0 Å². The van der Waals surface area contributed by atoms with E-state index in [-0.39, 0.29) is 11.9 Å². The fourth-order valence-corrected chi connectivity index (χ4v) is 2.02. The van der Waals surface area contributed by atoms with Crippen LogP contribution in [0.2, 0.25) is 0 Å². The number of nitrogens with one attached hydrogen (secondary N) is 1. The van der Waals surface area contributed by atoms with Crippen molar-refractivity contribution in [2.45, 2.75) is 19.9 Å². The number of aryl methyl sites for hydroxylation is 1. The lowest BCUT2D eigenvalue weighted by Gasteiger charge is -2.03. The van der Waals surface area contributed by atoms with Gasteiger partial charge in [-0.2, -0.15) is 9.90 Å². The summed E-state index contributed by atoms with van der Waals surface area (Å²) in [6.07, 6.45) is 3.33. The third-order valence-electron chi connectivity index (χ3n) is 3.26. The minimum Gasteiger partial charge on any atom is -0.319 e. The highest BCUT2D eigenvalue weighted by Crippen LogP contribution is 2.16. The van der Waals surface area contributed by atoms with Gasteiger partial charge >= 0.3 is 0 Å². The number of aromatic nitrogens is 6. The lowest BCUT2D eigenvalue weighted by Crippen LogP contribution is -2.11. The normalized spacial score (nSPS) is 11.0. The van der Waals surface area contributed by atoms with Gasteiger partial charge in [-0.1, -0.05) is 12.1 Å². The summed E-state index contributed by atoms with van der Waals surface area (Å²) in [7, 11) is 1.79. The molecule has 0 saturated carbocycles. The van der Waals surface area contributed by atoms with Gasteiger partial charge in [-0.05, 0) is 31.2 Å². The van der Waals surface area contributed by atoms with Crippen LogP contribution in [0.15, 0.2) is 36.7 Å². The number of nitrogens with zero attached hydrogens (tertiary/aromatic N) is 6. The first kappa shape index (κ1) is 14.9. The topological polar surface area (TPSA) is 90.5 Å². The molecule has 0 aliphatic heterocycles. The molecule has 118 valence electrons. The number of carbonyl (C=O) groups is 1. The molecular weight excluding hydrogens is 294 g/mol. The molecule has 3 rings (SSSR count). The highest BCUT2D eigenvalue weighted by molar-refractivity contribution is 6.04. The number of hydrogen-bond donors (Lipinski definition) is 1. The van der Waals surface area contributed by atoms with Gasteiger partial charge in [0, 0.05) is 24.4 Å². The maximum absolute atomic E-state index is 12.2. The molecule has 0 aliphatic carbocycles. The maximum atomic E-state index is 12.2. The molecule has 1 N–H and O–H groups in total. The van der Waals surface area contributed by atoms with Gasteiger partial charge in [0.05, 0.1) is 17.9 Å². The molecule has 8 nitrogen and oxygen atoms in total. The van der Waals surface area contributed by atoms with Crippen LogP contribution in [0.3, 0.4) is 0 Å². The van der Waals surface area contributed by atoms with Crippen LogP contribution in [0.1, 0.15) is 30.2 Å². The molecule has 8 heteroatoms. The fraction of sp³-hybridized carbons (Fsp3) is 0.267. The molecule has 2 aromatic heterocycles. The first-order valence-corrected chi connectivity index (χ1v) is 7.23. The molecule has 0 unspecified atom stereocenters. The second kappa shape index (κ2) is 5.99. The molecule has 23 heavy (non-hydrogen) atoms. The summed E-state index contributed by atoms with van der Waals surface area (Å²) in [5.74, 6) is 0.348. The average molecular weight is 311 g/mol. The van der Waals surface area contributed by atoms with E-state index in [2.05, 4.69) is 25.8 Å². The summed E-state index contributed by atoms with van der Waals surface area (Å²) in [5.41, 5.74) is 2.02. The monoisotopic (exact) mass is 311 g/mol. The number of hydrogen-bond acceptors (Lipinski definition) is 5. The SMILES string of the molecule is CC(C)n1nnc(-c2ccc(C(=O)Nc3cnn(C)c3)cc2)n1. The van der Waals surface area contributed by atoms with E-state index in [1.54, 1.807) is 53.2 Å². The summed E-state index contributed by atoms with van der Waals surface area (Å²) < 4.78 is 1.63. The Kier molecular flexibility index (Phi) is 3.88. The molecule has 3 aromatic rings. The standard InChI is InChI=1S/C15H17N7O/c1-10(2)22-19-14(18-20-22)11-4-6-12(7-5-11)15(23)17-13-8-16-21(3)9-13/h4-10H,1-3H3,(H,17,23). The van der Waals surface area contributed by atoms with Crippen molar-refractivity contribution in [3.8, 4) is 11.4 Å². The lowest BCUT2D eigenvalue weighted by atomic mass is 10.1. The molecule has 0 aliphatic rings. The van der Waals surface area contributed by atoms with E-state index in [1.165, 1.54) is 0 Å². The first-order chi connectivity index (χ1) is 11.0. The van der Waals surface area contributed by atoms with Crippen molar-refractivity contribution in [2.75, 3.05) is 5.32 Å². The third kappa shape index (κ3) is 3.25. The van der Waals surface area contributed by atoms with E-state index < -0.39 is 0 Å². The van der Waals surface area contributed by atoms with E-state index >= 15 is 0 Å². The molecule has 1 aromatic carbocycles. The van der Waals surface area contributed by atoms with Crippen molar-refractivity contribution in [3.63, 3.8) is 0 Å². The van der Waals surface area contributed by atoms with Crippen LogP contribution >= 0.6 is 0 Å². The quantitative estimate of drug-likeness (QED) is 0.794. The number of rotatable bonds is 4. The van der Waals surface area contributed by atoms with Crippen LogP contribution in [0, 0.1) is 0 Å². The van der Waals surface area contributed by atoms with Crippen LogP contribution in [-0.4, -0.2) is 35.9 Å². The number of anilines is 1. The Labute approximate surface area is 133 Å². The molecule has 0 spiro atoms. The van der Waals surface area contributed by atoms with Crippen LogP contribution in [0.25, 0.3) is 11.4 Å². The van der Waals surface area contributed by atoms with Crippen molar-refractivity contribution < 1.29 is 4.79 Å². The second-order valence-electron chi connectivity index (χ2n) is 5.46. The van der Waals surface area contributed by atoms with Gasteiger partial charge in [0.15, 0.2) is 0 Å². The summed E-state index contributed by atoms with van der Waals surface area (Å²) in [5, 5.41) is 19.1. The maximum Gasteiger partial charge on any atom is 0.255 e. The predicted molar refractivity (Wildman–Crippen MR) is 84.8 cm³/mol. The molecule has 0 bridgehead atoms. The number of tetrazole rings is 1. The van der Waals surface area contributed by atoms with E-state index in [0.29, 0.717) is 17.1 Å². The Bertz CT molecular complexity index is 816. The van der Waals surface area contributed by atoms with Gasteiger partial charge in [-0.15, -0.1) is 10.2 Å². The van der Waals surface area contributed by atoms with Crippen molar-refractivity contribution in [2.24, 2.45) is 7.05 Å². The van der Waals surface area contributed by atoms with Gasteiger partial charge in [-0.25, -0.2) is 0 Å². The molecule has 0 fully saturated rings. The fourth-order valence-electron chi connectivity index (χ4n) is 2.02. The average Bonchev–Trinajstić information content (AvgIpc) is 3.17. The summed E-state index contributed by atoms with van der Waals surface area (Å²) in [6.45, 7) is 3.97. The predicted octanol–water partition coefficient (Wildman–Crippen LogP) is 1.91.